The van der Waals surface area contributed by atoms with Crippen molar-refractivity contribution in [3.8, 4) is 0 Å². The Morgan fingerprint density at radius 1 is 2.00 bits per heavy atom. The lowest BCUT2D eigenvalue weighted by atomic mass is 12.0. The monoisotopic (exact) mass is 114 g/mol. The molecule has 0 heterocycles. The van der Waals surface area contributed by atoms with Crippen molar-refractivity contribution in [1.82, 2.24) is 0 Å². The second-order valence-corrected chi connectivity index (χ2v) is 3.51. The summed E-state index contributed by atoms with van der Waals surface area (Å²) in [6.45, 7) is 0. The first-order chi connectivity index (χ1) is 2.27. The van der Waals surface area contributed by atoms with Gasteiger partial charge in [-0.1, -0.05) is 11.4 Å². The van der Waals surface area contributed by atoms with Gasteiger partial charge in [0.15, 0.2) is 0 Å². The molecule has 1 unspecified atom stereocenters. The van der Waals surface area contributed by atoms with E-state index in [1.54, 1.807) is 0 Å². The molecule has 0 aliphatic heterocycles. The second-order valence-electron chi connectivity index (χ2n) is 0.442. The average Bonchev–Trinajstić information content (AvgIpc) is 1.38. The predicted octanol–water partition coefficient (Wildman–Crippen LogP) is 1.71. The molecule has 0 aliphatic rings. The molecule has 0 radical (unpaired) electrons. The van der Waals surface area contributed by atoms with Gasteiger partial charge >= 0.3 is 0 Å². The van der Waals surface area contributed by atoms with Crippen molar-refractivity contribution in [2.45, 2.75) is 0 Å². The molecule has 1 nitrogen and oxygen atoms in total. The Kier molecular flexibility index (Phi) is 3.01. The Bertz CT molecular complexity index is 46.9. The highest BCUT2D eigenvalue weighted by molar-refractivity contribution is 8.49. The van der Waals surface area contributed by atoms with Crippen LogP contribution < -0.4 is 0 Å². The summed E-state index contributed by atoms with van der Waals surface area (Å²) in [7, 11) is -2.71. The number of hydrogen-bond acceptors (Lipinski definition) is 2. The maximum Gasteiger partial charge on any atom is 0.285 e. The lowest BCUT2D eigenvalue weighted by Crippen LogP contribution is -1.25. The molecule has 0 saturated carbocycles. The lowest BCUT2D eigenvalue weighted by Gasteiger charge is -1.69. The molecule has 0 aliphatic carbocycles. The van der Waals surface area contributed by atoms with E-state index in [-0.39, 0.29) is 0 Å². The summed E-state index contributed by atoms with van der Waals surface area (Å²) in [6.07, 6.45) is 1.47. The molecular weight excluding hydrogens is 110 g/mol. The number of hydrogen-bond donors (Lipinski definition) is 0. The van der Waals surface area contributed by atoms with Crippen LogP contribution in [-0.4, -0.2) is 6.26 Å². The smallest absolute Gasteiger partial charge is 0.279 e. The topological polar surface area (TPSA) is 17.1 Å². The van der Waals surface area contributed by atoms with Crippen molar-refractivity contribution in [2.24, 2.45) is 0 Å². The Hall–Kier alpha value is 0.510. The van der Waals surface area contributed by atoms with Crippen LogP contribution in [0.3, 0.4) is 0 Å². The van der Waals surface area contributed by atoms with Gasteiger partial charge in [-0.25, -0.2) is 0 Å². The molecular formula is CH4FOPS. The molecule has 0 amide bonds. The van der Waals surface area contributed by atoms with Gasteiger partial charge in [0.1, 0.15) is 0 Å². The van der Waals surface area contributed by atoms with Crippen LogP contribution in [0.15, 0.2) is 0 Å². The molecule has 0 aromatic rings. The second kappa shape index (κ2) is 2.73. The highest BCUT2D eigenvalue weighted by Gasteiger charge is 1.80. The van der Waals surface area contributed by atoms with Crippen LogP contribution in [0.1, 0.15) is 0 Å². The molecule has 0 rings (SSSR count). The quantitative estimate of drug-likeness (QED) is 0.482. The van der Waals surface area contributed by atoms with Crippen LogP contribution in [-0.2, 0) is 4.57 Å². The molecule has 0 spiro atoms. The molecule has 0 aromatic carbocycles. The third kappa shape index (κ3) is 4.51. The fourth-order valence-electron chi connectivity index (χ4n) is 0. The molecule has 5 heavy (non-hydrogen) atoms. The molecule has 0 saturated heterocycles. The van der Waals surface area contributed by atoms with Crippen molar-refractivity contribution in [1.29, 1.82) is 0 Å². The van der Waals surface area contributed by atoms with Gasteiger partial charge in [0, 0.05) is 0 Å². The minimum Gasteiger partial charge on any atom is -0.279 e. The summed E-state index contributed by atoms with van der Waals surface area (Å²) in [6, 6.07) is 0. The molecule has 1 atom stereocenters. The van der Waals surface area contributed by atoms with Gasteiger partial charge in [-0.2, -0.15) is 4.20 Å². The first-order valence-corrected chi connectivity index (χ1v) is 4.24. The van der Waals surface area contributed by atoms with Crippen molar-refractivity contribution < 1.29 is 8.76 Å². The standard InChI is InChI=1S/CH4FOPS/c1-5-4(2)3/h4H,1H3. The Balaban J connectivity index is 2.85. The zero-order valence-electron chi connectivity index (χ0n) is 2.69. The minimum atomic E-state index is -2.71. The van der Waals surface area contributed by atoms with E-state index in [4.69, 9.17) is 0 Å². The largest absolute Gasteiger partial charge is 0.285 e. The predicted molar refractivity (Wildman–Crippen MR) is 23.6 cm³/mol. The molecule has 0 bridgehead atoms. The minimum absolute atomic E-state index is 0.759. The fraction of sp³-hybridized carbons (Fsp3) is 1.00. The normalized spacial score (nSPS) is 14.8. The Morgan fingerprint density at radius 3 is 2.20 bits per heavy atom. The average molecular weight is 114 g/mol. The van der Waals surface area contributed by atoms with Gasteiger partial charge in [-0.05, 0) is 6.26 Å². The fourth-order valence-corrected chi connectivity index (χ4v) is 0. The van der Waals surface area contributed by atoms with Gasteiger partial charge in [0.25, 0.3) is 7.31 Å². The highest BCUT2D eigenvalue weighted by Crippen LogP contribution is 2.35. The summed E-state index contributed by atoms with van der Waals surface area (Å²) >= 11 is 0.759. The zero-order chi connectivity index (χ0) is 4.28. The highest BCUT2D eigenvalue weighted by atomic mass is 32.7. The third-order valence-electron chi connectivity index (χ3n) is 0.160. The zero-order valence-corrected chi connectivity index (χ0v) is 4.51. The van der Waals surface area contributed by atoms with E-state index in [9.17, 15) is 8.76 Å². The van der Waals surface area contributed by atoms with Crippen molar-refractivity contribution >= 4 is 18.7 Å². The molecule has 0 fully saturated rings. The van der Waals surface area contributed by atoms with E-state index in [0.717, 1.165) is 11.4 Å². The van der Waals surface area contributed by atoms with E-state index in [0.29, 0.717) is 0 Å². The van der Waals surface area contributed by atoms with E-state index in [1.807, 2.05) is 0 Å². The van der Waals surface area contributed by atoms with Gasteiger partial charge in [0.2, 0.25) is 0 Å². The number of halogens is 1. The molecule has 0 aromatic heterocycles. The SMILES string of the molecule is CS[PH](=O)F. The van der Waals surface area contributed by atoms with Crippen LogP contribution in [0.4, 0.5) is 4.20 Å². The maximum atomic E-state index is 10.9. The van der Waals surface area contributed by atoms with E-state index < -0.39 is 7.31 Å². The van der Waals surface area contributed by atoms with Gasteiger partial charge in [-0.3, -0.25) is 4.57 Å². The summed E-state index contributed by atoms with van der Waals surface area (Å²) in [5.41, 5.74) is 0. The Morgan fingerprint density at radius 2 is 2.20 bits per heavy atom. The van der Waals surface area contributed by atoms with E-state index in [2.05, 4.69) is 0 Å². The van der Waals surface area contributed by atoms with Gasteiger partial charge < -0.3 is 0 Å². The summed E-state index contributed by atoms with van der Waals surface area (Å²) < 4.78 is 20.2. The van der Waals surface area contributed by atoms with E-state index >= 15 is 0 Å². The number of rotatable bonds is 1. The molecule has 32 valence electrons. The molecule has 4 heteroatoms. The lowest BCUT2D eigenvalue weighted by molar-refractivity contribution is 0.572. The Labute approximate surface area is 34.6 Å². The van der Waals surface area contributed by atoms with Crippen molar-refractivity contribution in [3.63, 3.8) is 0 Å². The van der Waals surface area contributed by atoms with Crippen LogP contribution >= 0.6 is 18.7 Å². The van der Waals surface area contributed by atoms with Crippen LogP contribution in [0.2, 0.25) is 0 Å². The van der Waals surface area contributed by atoms with Crippen LogP contribution in [0.25, 0.3) is 0 Å². The van der Waals surface area contributed by atoms with E-state index in [1.165, 1.54) is 6.26 Å². The van der Waals surface area contributed by atoms with Crippen LogP contribution in [0.5, 0.6) is 0 Å². The van der Waals surface area contributed by atoms with Gasteiger partial charge in [-0.15, -0.1) is 0 Å². The van der Waals surface area contributed by atoms with Crippen molar-refractivity contribution in [2.75, 3.05) is 6.26 Å². The summed E-state index contributed by atoms with van der Waals surface area (Å²) in [5.74, 6) is 0. The van der Waals surface area contributed by atoms with Gasteiger partial charge in [0.05, 0.1) is 0 Å². The summed E-state index contributed by atoms with van der Waals surface area (Å²) in [4.78, 5) is 0. The summed E-state index contributed by atoms with van der Waals surface area (Å²) in [5, 5.41) is 0. The first-order valence-electron chi connectivity index (χ1n) is 1.01. The maximum absolute atomic E-state index is 10.9. The van der Waals surface area contributed by atoms with Crippen LogP contribution in [0, 0.1) is 0 Å². The molecule has 0 N–H and O–H groups in total. The van der Waals surface area contributed by atoms with Crippen molar-refractivity contribution in [3.05, 3.63) is 0 Å². The first kappa shape index (κ1) is 5.51. The third-order valence-corrected chi connectivity index (χ3v) is 1.44.